The van der Waals surface area contributed by atoms with E-state index in [0.29, 0.717) is 16.6 Å². The third-order valence-corrected chi connectivity index (χ3v) is 3.55. The molecule has 0 radical (unpaired) electrons. The summed E-state index contributed by atoms with van der Waals surface area (Å²) in [5.74, 6) is 0.414. The number of rotatable bonds is 4. The first-order valence-electron chi connectivity index (χ1n) is 5.30. The fourth-order valence-corrected chi connectivity index (χ4v) is 2.78. The van der Waals surface area contributed by atoms with E-state index in [4.69, 9.17) is 11.6 Å². The van der Waals surface area contributed by atoms with E-state index in [-0.39, 0.29) is 11.8 Å². The van der Waals surface area contributed by atoms with Crippen LogP contribution in [0.1, 0.15) is 6.92 Å². The monoisotopic (exact) mass is 288 g/mol. The van der Waals surface area contributed by atoms with E-state index in [0.717, 1.165) is 0 Å². The molecule has 2 rings (SSSR count). The summed E-state index contributed by atoms with van der Waals surface area (Å²) < 4.78 is 23.8. The van der Waals surface area contributed by atoms with Crippen LogP contribution >= 0.6 is 11.6 Å². The molecule has 2 heterocycles. The lowest BCUT2D eigenvalue weighted by Crippen LogP contribution is -2.25. The van der Waals surface area contributed by atoms with Crippen molar-refractivity contribution >= 4 is 33.0 Å². The average molecular weight is 289 g/mol. The maximum Gasteiger partial charge on any atom is 0.243 e. The molecule has 0 saturated carbocycles. The third kappa shape index (κ3) is 3.33. The van der Waals surface area contributed by atoms with Crippen LogP contribution in [0.5, 0.6) is 0 Å². The zero-order chi connectivity index (χ0) is 13.3. The molecular weight excluding hydrogens is 276 g/mol. The molecule has 0 aliphatic rings. The van der Waals surface area contributed by atoms with E-state index in [1.807, 2.05) is 0 Å². The molecule has 8 heteroatoms. The van der Waals surface area contributed by atoms with Crippen molar-refractivity contribution in [2.75, 3.05) is 17.3 Å². The summed E-state index contributed by atoms with van der Waals surface area (Å²) >= 11 is 5.83. The standard InChI is InChI=1S/C10H13ClN4O2S/c1-7(6-18(2,16)17)12-10-13-9-4-3-8(11)5-15(9)14-10/h3-5,7H,6H2,1-2H3,(H,12,14). The van der Waals surface area contributed by atoms with Crippen LogP contribution in [0.4, 0.5) is 5.95 Å². The zero-order valence-corrected chi connectivity index (χ0v) is 11.5. The number of fused-ring (bicyclic) bond motifs is 1. The minimum Gasteiger partial charge on any atom is -0.349 e. The molecule has 0 bridgehead atoms. The van der Waals surface area contributed by atoms with Gasteiger partial charge in [0.25, 0.3) is 0 Å². The Labute approximate surface area is 110 Å². The van der Waals surface area contributed by atoms with Crippen molar-refractivity contribution in [3.63, 3.8) is 0 Å². The fourth-order valence-electron chi connectivity index (χ4n) is 1.64. The molecule has 0 aliphatic heterocycles. The Bertz CT molecular complexity index is 668. The molecule has 0 amide bonds. The number of halogens is 1. The predicted molar refractivity (Wildman–Crippen MR) is 70.8 cm³/mol. The van der Waals surface area contributed by atoms with Crippen LogP contribution in [0.2, 0.25) is 5.02 Å². The van der Waals surface area contributed by atoms with Gasteiger partial charge in [0.15, 0.2) is 5.65 Å². The van der Waals surface area contributed by atoms with Gasteiger partial charge in [-0.15, -0.1) is 5.10 Å². The molecule has 6 nitrogen and oxygen atoms in total. The topological polar surface area (TPSA) is 76.4 Å². The van der Waals surface area contributed by atoms with Gasteiger partial charge in [-0.2, -0.15) is 4.98 Å². The Morgan fingerprint density at radius 3 is 2.89 bits per heavy atom. The molecule has 2 aromatic heterocycles. The summed E-state index contributed by atoms with van der Waals surface area (Å²) in [6, 6.07) is 3.20. The second-order valence-electron chi connectivity index (χ2n) is 4.22. The Morgan fingerprint density at radius 1 is 1.50 bits per heavy atom. The number of nitrogens with one attached hydrogen (secondary N) is 1. The Kier molecular flexibility index (Phi) is 3.45. The van der Waals surface area contributed by atoms with E-state index >= 15 is 0 Å². The molecule has 0 saturated heterocycles. The molecule has 1 unspecified atom stereocenters. The van der Waals surface area contributed by atoms with Gasteiger partial charge < -0.3 is 5.32 Å². The molecule has 1 N–H and O–H groups in total. The highest BCUT2D eigenvalue weighted by Gasteiger charge is 2.12. The van der Waals surface area contributed by atoms with Crippen molar-refractivity contribution in [2.45, 2.75) is 13.0 Å². The van der Waals surface area contributed by atoms with Gasteiger partial charge in [0.05, 0.1) is 10.8 Å². The molecule has 0 aromatic carbocycles. The summed E-state index contributed by atoms with van der Waals surface area (Å²) in [5, 5.41) is 7.66. The summed E-state index contributed by atoms with van der Waals surface area (Å²) in [5.41, 5.74) is 0.647. The zero-order valence-electron chi connectivity index (χ0n) is 9.96. The summed E-state index contributed by atoms with van der Waals surface area (Å²) in [4.78, 5) is 4.21. The second kappa shape index (κ2) is 4.74. The first kappa shape index (κ1) is 13.1. The highest BCUT2D eigenvalue weighted by atomic mass is 35.5. The Balaban J connectivity index is 2.17. The molecular formula is C10H13ClN4O2S. The maximum absolute atomic E-state index is 11.1. The molecule has 18 heavy (non-hydrogen) atoms. The van der Waals surface area contributed by atoms with Gasteiger partial charge in [-0.25, -0.2) is 12.9 Å². The van der Waals surface area contributed by atoms with E-state index in [1.165, 1.54) is 10.8 Å². The van der Waals surface area contributed by atoms with E-state index < -0.39 is 9.84 Å². The van der Waals surface area contributed by atoms with Crippen LogP contribution in [0.3, 0.4) is 0 Å². The quantitative estimate of drug-likeness (QED) is 0.916. The first-order valence-corrected chi connectivity index (χ1v) is 7.73. The minimum absolute atomic E-state index is 0.0311. The lowest BCUT2D eigenvalue weighted by atomic mass is 10.4. The maximum atomic E-state index is 11.1. The van der Waals surface area contributed by atoms with Gasteiger partial charge in [-0.3, -0.25) is 0 Å². The average Bonchev–Trinajstić information content (AvgIpc) is 2.55. The van der Waals surface area contributed by atoms with Gasteiger partial charge in [-0.1, -0.05) is 11.6 Å². The summed E-state index contributed by atoms with van der Waals surface area (Å²) in [7, 11) is -3.03. The Hall–Kier alpha value is -1.34. The fraction of sp³-hybridized carbons (Fsp3) is 0.400. The van der Waals surface area contributed by atoms with Crippen molar-refractivity contribution in [2.24, 2.45) is 0 Å². The van der Waals surface area contributed by atoms with Crippen LogP contribution in [-0.4, -0.2) is 41.1 Å². The number of nitrogens with zero attached hydrogens (tertiary/aromatic N) is 3. The van der Waals surface area contributed by atoms with Crippen LogP contribution in [0.25, 0.3) is 5.65 Å². The van der Waals surface area contributed by atoms with E-state index in [2.05, 4.69) is 15.4 Å². The Morgan fingerprint density at radius 2 is 2.22 bits per heavy atom. The highest BCUT2D eigenvalue weighted by Crippen LogP contribution is 2.12. The van der Waals surface area contributed by atoms with Crippen molar-refractivity contribution in [3.05, 3.63) is 23.4 Å². The molecule has 98 valence electrons. The van der Waals surface area contributed by atoms with Gasteiger partial charge >= 0.3 is 0 Å². The smallest absolute Gasteiger partial charge is 0.243 e. The number of hydrogen-bond acceptors (Lipinski definition) is 5. The van der Waals surface area contributed by atoms with Gasteiger partial charge in [0.1, 0.15) is 9.84 Å². The number of aromatic nitrogens is 3. The summed E-state index contributed by atoms with van der Waals surface area (Å²) in [6.07, 6.45) is 2.83. The normalized spacial score (nSPS) is 13.7. The van der Waals surface area contributed by atoms with Crippen LogP contribution < -0.4 is 5.32 Å². The number of sulfone groups is 1. The predicted octanol–water partition coefficient (Wildman–Crippen LogP) is 1.23. The number of hydrogen-bond donors (Lipinski definition) is 1. The van der Waals surface area contributed by atoms with Crippen molar-refractivity contribution in [1.29, 1.82) is 0 Å². The summed E-state index contributed by atoms with van der Waals surface area (Å²) in [6.45, 7) is 1.76. The minimum atomic E-state index is -3.03. The molecule has 0 aliphatic carbocycles. The first-order chi connectivity index (χ1) is 8.33. The second-order valence-corrected chi connectivity index (χ2v) is 6.84. The van der Waals surface area contributed by atoms with Gasteiger partial charge in [-0.05, 0) is 19.1 Å². The van der Waals surface area contributed by atoms with Gasteiger partial charge in [0, 0.05) is 18.5 Å². The molecule has 1 atom stereocenters. The van der Waals surface area contributed by atoms with Crippen LogP contribution in [0, 0.1) is 0 Å². The number of anilines is 1. The van der Waals surface area contributed by atoms with Gasteiger partial charge in [0.2, 0.25) is 5.95 Å². The van der Waals surface area contributed by atoms with E-state index in [1.54, 1.807) is 25.3 Å². The lowest BCUT2D eigenvalue weighted by Gasteiger charge is -2.09. The van der Waals surface area contributed by atoms with Crippen LogP contribution in [-0.2, 0) is 9.84 Å². The van der Waals surface area contributed by atoms with E-state index in [9.17, 15) is 8.42 Å². The molecule has 0 fully saturated rings. The largest absolute Gasteiger partial charge is 0.349 e. The van der Waals surface area contributed by atoms with Crippen molar-refractivity contribution in [3.8, 4) is 0 Å². The third-order valence-electron chi connectivity index (χ3n) is 2.22. The lowest BCUT2D eigenvalue weighted by molar-refractivity contribution is 0.597. The molecule has 0 spiro atoms. The highest BCUT2D eigenvalue weighted by molar-refractivity contribution is 7.90. The molecule has 2 aromatic rings. The van der Waals surface area contributed by atoms with Crippen molar-refractivity contribution in [1.82, 2.24) is 14.6 Å². The van der Waals surface area contributed by atoms with Crippen LogP contribution in [0.15, 0.2) is 18.3 Å². The SMILES string of the molecule is CC(CS(C)(=O)=O)Nc1nc2ccc(Cl)cn2n1. The number of pyridine rings is 1. The van der Waals surface area contributed by atoms with Crippen molar-refractivity contribution < 1.29 is 8.42 Å².